The van der Waals surface area contributed by atoms with Gasteiger partial charge in [-0.3, -0.25) is 9.35 Å². The second-order valence-electron chi connectivity index (χ2n) is 5.28. The van der Waals surface area contributed by atoms with Crippen molar-refractivity contribution in [2.24, 2.45) is 0 Å². The lowest BCUT2D eigenvalue weighted by molar-refractivity contribution is -0.127. The van der Waals surface area contributed by atoms with E-state index in [1.165, 1.54) is 12.1 Å². The van der Waals surface area contributed by atoms with Gasteiger partial charge in [0.15, 0.2) is 0 Å². The maximum atomic E-state index is 14.2. The van der Waals surface area contributed by atoms with Gasteiger partial charge < -0.3 is 15.2 Å². The lowest BCUT2D eigenvalue weighted by atomic mass is 9.82. The highest BCUT2D eigenvalue weighted by atomic mass is 32.2. The van der Waals surface area contributed by atoms with Crippen LogP contribution >= 0.6 is 0 Å². The van der Waals surface area contributed by atoms with Gasteiger partial charge in [-0.15, -0.1) is 0 Å². The predicted molar refractivity (Wildman–Crippen MR) is 81.0 cm³/mol. The molecule has 1 fully saturated rings. The minimum Gasteiger partial charge on any atom is -0.387 e. The van der Waals surface area contributed by atoms with Crippen LogP contribution in [0.25, 0.3) is 0 Å². The number of ether oxygens (including phenoxy) is 1. The summed E-state index contributed by atoms with van der Waals surface area (Å²) < 4.78 is 41.0. The molecule has 128 valence electrons. The number of aliphatic hydroxyl groups is 1. The first kappa shape index (κ1) is 18.0. The Morgan fingerprint density at radius 3 is 2.65 bits per heavy atom. The van der Waals surface area contributed by atoms with E-state index >= 15 is 0 Å². The Bertz CT molecular complexity index is 593. The zero-order valence-electron chi connectivity index (χ0n) is 12.4. The largest absolute Gasteiger partial charge is 0.387 e. The highest BCUT2D eigenvalue weighted by Gasteiger charge is 2.36. The van der Waals surface area contributed by atoms with Gasteiger partial charge in [-0.25, -0.2) is 13.3 Å². The van der Waals surface area contributed by atoms with Crippen molar-refractivity contribution >= 4 is 17.2 Å². The SMILES string of the molecule is O=C(CO)NC1(c2ccc(CNS(=O)O)c(F)c2)CCOCC1. The fraction of sp³-hybridized carbons (Fsp3) is 0.500. The average Bonchev–Trinajstić information content (AvgIpc) is 2.54. The number of amides is 1. The molecular weight excluding hydrogens is 327 g/mol. The highest BCUT2D eigenvalue weighted by Crippen LogP contribution is 2.33. The molecule has 0 saturated carbocycles. The Morgan fingerprint density at radius 2 is 2.09 bits per heavy atom. The smallest absolute Gasteiger partial charge is 0.246 e. The second-order valence-corrected chi connectivity index (χ2v) is 6.06. The normalized spacial score (nSPS) is 18.4. The van der Waals surface area contributed by atoms with Gasteiger partial charge in [-0.2, -0.15) is 0 Å². The zero-order chi connectivity index (χ0) is 16.9. The van der Waals surface area contributed by atoms with E-state index in [2.05, 4.69) is 10.0 Å². The van der Waals surface area contributed by atoms with Gasteiger partial charge in [-0.1, -0.05) is 12.1 Å². The maximum Gasteiger partial charge on any atom is 0.246 e. The van der Waals surface area contributed by atoms with Crippen LogP contribution in [-0.4, -0.2) is 39.6 Å². The fourth-order valence-corrected chi connectivity index (χ4v) is 2.92. The second kappa shape index (κ2) is 7.93. The quantitative estimate of drug-likeness (QED) is 0.549. The van der Waals surface area contributed by atoms with Crippen LogP contribution in [-0.2, 0) is 32.9 Å². The van der Waals surface area contributed by atoms with Crippen molar-refractivity contribution in [2.75, 3.05) is 19.8 Å². The molecule has 1 atom stereocenters. The first-order valence-corrected chi connectivity index (χ1v) is 8.20. The molecular formula is C14H19FN2O5S. The summed E-state index contributed by atoms with van der Waals surface area (Å²) in [5.41, 5.74) is 0.0332. The Kier molecular flexibility index (Phi) is 6.19. The first-order chi connectivity index (χ1) is 11.0. The van der Waals surface area contributed by atoms with Gasteiger partial charge in [0, 0.05) is 25.3 Å². The van der Waals surface area contributed by atoms with Crippen molar-refractivity contribution in [3.05, 3.63) is 35.1 Å². The number of nitrogens with one attached hydrogen (secondary N) is 2. The molecule has 2 rings (SSSR count). The van der Waals surface area contributed by atoms with Crippen LogP contribution in [0.5, 0.6) is 0 Å². The molecule has 0 aliphatic carbocycles. The number of aliphatic hydroxyl groups excluding tert-OH is 1. The van der Waals surface area contributed by atoms with E-state index in [0.717, 1.165) is 0 Å². The molecule has 0 bridgehead atoms. The summed E-state index contributed by atoms with van der Waals surface area (Å²) >= 11 is -2.22. The third-order valence-electron chi connectivity index (χ3n) is 3.86. The maximum absolute atomic E-state index is 14.2. The molecule has 1 aromatic rings. The van der Waals surface area contributed by atoms with Crippen LogP contribution in [0.1, 0.15) is 24.0 Å². The van der Waals surface area contributed by atoms with E-state index in [4.69, 9.17) is 14.4 Å². The molecule has 0 radical (unpaired) electrons. The molecule has 9 heteroatoms. The molecule has 7 nitrogen and oxygen atoms in total. The highest BCUT2D eigenvalue weighted by molar-refractivity contribution is 7.77. The first-order valence-electron chi connectivity index (χ1n) is 7.10. The minimum atomic E-state index is -2.22. The van der Waals surface area contributed by atoms with Crippen LogP contribution in [0.4, 0.5) is 4.39 Å². The lowest BCUT2D eigenvalue weighted by Crippen LogP contribution is -2.50. The van der Waals surface area contributed by atoms with Crippen molar-refractivity contribution in [3.63, 3.8) is 0 Å². The number of hydrogen-bond donors (Lipinski definition) is 4. The van der Waals surface area contributed by atoms with Crippen molar-refractivity contribution in [2.45, 2.75) is 24.9 Å². The zero-order valence-corrected chi connectivity index (χ0v) is 13.2. The number of carbonyl (C=O) groups is 1. The summed E-state index contributed by atoms with van der Waals surface area (Å²) in [4.78, 5) is 11.6. The number of hydrogen-bond acceptors (Lipinski definition) is 4. The van der Waals surface area contributed by atoms with Crippen molar-refractivity contribution in [3.8, 4) is 0 Å². The van der Waals surface area contributed by atoms with Crippen molar-refractivity contribution < 1.29 is 27.8 Å². The molecule has 1 aromatic carbocycles. The van der Waals surface area contributed by atoms with E-state index in [-0.39, 0.29) is 12.1 Å². The summed E-state index contributed by atoms with van der Waals surface area (Å²) in [6.45, 7) is 0.101. The Labute approximate surface area is 135 Å². The molecule has 4 N–H and O–H groups in total. The molecule has 1 amide bonds. The number of carbonyl (C=O) groups excluding carboxylic acids is 1. The molecule has 1 saturated heterocycles. The van der Waals surface area contributed by atoms with E-state index in [1.54, 1.807) is 6.07 Å². The number of rotatable bonds is 6. The van der Waals surface area contributed by atoms with Gasteiger partial charge >= 0.3 is 0 Å². The summed E-state index contributed by atoms with van der Waals surface area (Å²) in [6, 6.07) is 4.48. The van der Waals surface area contributed by atoms with Crippen LogP contribution in [0.3, 0.4) is 0 Å². The van der Waals surface area contributed by atoms with Crippen LogP contribution in [0.2, 0.25) is 0 Å². The van der Waals surface area contributed by atoms with Crippen molar-refractivity contribution in [1.82, 2.24) is 10.0 Å². The molecule has 1 aliphatic rings. The molecule has 23 heavy (non-hydrogen) atoms. The average molecular weight is 346 g/mol. The number of benzene rings is 1. The molecule has 1 unspecified atom stereocenters. The van der Waals surface area contributed by atoms with Gasteiger partial charge in [0.25, 0.3) is 0 Å². The molecule has 1 aliphatic heterocycles. The fourth-order valence-electron chi connectivity index (χ4n) is 2.64. The third kappa shape index (κ3) is 4.55. The molecule has 1 heterocycles. The topological polar surface area (TPSA) is 108 Å². The predicted octanol–water partition coefficient (Wildman–Crippen LogP) is 0.166. The van der Waals surface area contributed by atoms with E-state index in [0.29, 0.717) is 31.6 Å². The Balaban J connectivity index is 2.26. The third-order valence-corrected chi connectivity index (χ3v) is 4.25. The van der Waals surface area contributed by atoms with E-state index in [9.17, 15) is 13.4 Å². The van der Waals surface area contributed by atoms with Gasteiger partial charge in [0.05, 0.1) is 5.54 Å². The van der Waals surface area contributed by atoms with Crippen LogP contribution < -0.4 is 10.0 Å². The monoisotopic (exact) mass is 346 g/mol. The van der Waals surface area contributed by atoms with E-state index in [1.807, 2.05) is 0 Å². The number of halogens is 1. The van der Waals surface area contributed by atoms with Crippen LogP contribution in [0, 0.1) is 5.82 Å². The van der Waals surface area contributed by atoms with Crippen molar-refractivity contribution in [1.29, 1.82) is 0 Å². The molecule has 0 spiro atoms. The summed E-state index contributed by atoms with van der Waals surface area (Å²) in [5, 5.41) is 11.7. The van der Waals surface area contributed by atoms with Crippen LogP contribution in [0.15, 0.2) is 18.2 Å². The standard InChI is InChI=1S/C14H19FN2O5S/c15-12-7-11(2-1-10(12)8-16-23(20)21)14(17-13(19)9-18)3-5-22-6-4-14/h1-2,7,16,18H,3-6,8-9H2,(H,17,19)(H,20,21). The Hall–Kier alpha value is -1.39. The molecule has 0 aromatic heterocycles. The van der Waals surface area contributed by atoms with E-state index < -0.39 is 35.1 Å². The van der Waals surface area contributed by atoms with Gasteiger partial charge in [0.1, 0.15) is 12.4 Å². The van der Waals surface area contributed by atoms with Gasteiger partial charge in [-0.05, 0) is 24.5 Å². The summed E-state index contributed by atoms with van der Waals surface area (Å²) in [6.07, 6.45) is 0.937. The Morgan fingerprint density at radius 1 is 1.39 bits per heavy atom. The minimum absolute atomic E-state index is 0.0890. The lowest BCUT2D eigenvalue weighted by Gasteiger charge is -2.38. The summed E-state index contributed by atoms with van der Waals surface area (Å²) in [7, 11) is 0. The van der Waals surface area contributed by atoms with Gasteiger partial charge in [0.2, 0.25) is 17.2 Å². The summed E-state index contributed by atoms with van der Waals surface area (Å²) in [5.74, 6) is -1.07.